The van der Waals surface area contributed by atoms with Crippen LogP contribution in [0, 0.1) is 12.7 Å². The van der Waals surface area contributed by atoms with Crippen molar-refractivity contribution in [3.05, 3.63) is 50.7 Å². The second-order valence-corrected chi connectivity index (χ2v) is 5.56. The third-order valence-electron chi connectivity index (χ3n) is 3.40. The number of methoxy groups -OCH3 is 1. The van der Waals surface area contributed by atoms with Gasteiger partial charge in [0, 0.05) is 18.7 Å². The molecule has 1 aromatic carbocycles. The zero-order valence-corrected chi connectivity index (χ0v) is 14.4. The molecule has 1 aromatic heterocycles. The zero-order chi connectivity index (χ0) is 20.5. The number of hydrogen-bond donors (Lipinski definition) is 1. The van der Waals surface area contributed by atoms with Gasteiger partial charge in [-0.25, -0.2) is 9.18 Å². The molecule has 12 heteroatoms. The molecular weight excluding hydrogens is 400 g/mol. The summed E-state index contributed by atoms with van der Waals surface area (Å²) in [4.78, 5) is 23.2. The summed E-state index contributed by atoms with van der Waals surface area (Å²) in [5, 5.41) is 11.9. The van der Waals surface area contributed by atoms with Crippen LogP contribution in [-0.2, 0) is 15.7 Å². The topological polar surface area (TPSA) is 90.7 Å². The van der Waals surface area contributed by atoms with Crippen molar-refractivity contribution in [3.8, 4) is 11.4 Å². The highest BCUT2D eigenvalue weighted by Crippen LogP contribution is 2.32. The van der Waals surface area contributed by atoms with Crippen LogP contribution in [0.3, 0.4) is 0 Å². The normalized spacial score (nSPS) is 12.7. The first-order chi connectivity index (χ1) is 12.5. The monoisotopic (exact) mass is 410 g/mol. The van der Waals surface area contributed by atoms with E-state index in [1.165, 1.54) is 0 Å². The Morgan fingerprint density at radius 1 is 1.37 bits per heavy atom. The van der Waals surface area contributed by atoms with Crippen molar-refractivity contribution in [1.82, 2.24) is 9.78 Å². The maximum atomic E-state index is 14.2. The third-order valence-corrected chi connectivity index (χ3v) is 3.70. The number of carboxylic acid groups (broad SMARTS) is 1. The summed E-state index contributed by atoms with van der Waals surface area (Å²) in [6.07, 6.45) is -6.23. The van der Waals surface area contributed by atoms with Crippen LogP contribution in [0.1, 0.15) is 11.1 Å². The van der Waals surface area contributed by atoms with E-state index in [-0.39, 0.29) is 10.8 Å². The van der Waals surface area contributed by atoms with Crippen LogP contribution in [0.15, 0.2) is 23.1 Å². The van der Waals surface area contributed by atoms with Crippen LogP contribution in [0.5, 0.6) is 5.75 Å². The Hall–Kier alpha value is -2.66. The zero-order valence-electron chi connectivity index (χ0n) is 13.7. The Morgan fingerprint density at radius 3 is 2.52 bits per heavy atom. The van der Waals surface area contributed by atoms with Gasteiger partial charge >= 0.3 is 12.1 Å². The van der Waals surface area contributed by atoms with Crippen molar-refractivity contribution in [3.63, 3.8) is 0 Å². The lowest BCUT2D eigenvalue weighted by Crippen LogP contribution is -2.29. The van der Waals surface area contributed by atoms with E-state index in [2.05, 4.69) is 9.84 Å². The number of hydrogen-bond acceptors (Lipinski definition) is 5. The van der Waals surface area contributed by atoms with Crippen molar-refractivity contribution in [2.75, 3.05) is 7.11 Å². The van der Waals surface area contributed by atoms with Gasteiger partial charge in [-0.05, 0) is 13.0 Å². The molecule has 2 aromatic rings. The van der Waals surface area contributed by atoms with Gasteiger partial charge in [-0.3, -0.25) is 4.79 Å². The first-order valence-electron chi connectivity index (χ1n) is 7.05. The van der Waals surface area contributed by atoms with E-state index in [0.29, 0.717) is 16.9 Å². The second kappa shape index (κ2) is 7.53. The van der Waals surface area contributed by atoms with Crippen molar-refractivity contribution >= 4 is 17.6 Å². The number of benzene rings is 1. The molecule has 0 fully saturated rings. The van der Waals surface area contributed by atoms with Gasteiger partial charge in [0.25, 0.3) is 11.8 Å². The van der Waals surface area contributed by atoms with E-state index in [9.17, 15) is 27.2 Å². The van der Waals surface area contributed by atoms with E-state index in [4.69, 9.17) is 21.4 Å². The SMILES string of the molecule is COC(Oc1cc(-n2ncc(C(F)(F)F)c(C)c2=O)c(F)cc1Cl)C(=O)O. The molecule has 0 spiro atoms. The summed E-state index contributed by atoms with van der Waals surface area (Å²) in [5.41, 5.74) is -3.77. The van der Waals surface area contributed by atoms with Crippen molar-refractivity contribution in [2.45, 2.75) is 19.4 Å². The molecule has 0 amide bonds. The van der Waals surface area contributed by atoms with E-state index in [1.54, 1.807) is 0 Å². The fourth-order valence-corrected chi connectivity index (χ4v) is 2.28. The van der Waals surface area contributed by atoms with E-state index < -0.39 is 46.6 Å². The van der Waals surface area contributed by atoms with Crippen molar-refractivity contribution < 1.29 is 36.9 Å². The quantitative estimate of drug-likeness (QED) is 0.602. The molecule has 146 valence electrons. The number of alkyl halides is 3. The molecule has 0 saturated carbocycles. The highest BCUT2D eigenvalue weighted by atomic mass is 35.5. The van der Waals surface area contributed by atoms with Crippen molar-refractivity contribution in [1.29, 1.82) is 0 Å². The standard InChI is InChI=1S/C15H11ClF4N2O5/c1-6-7(15(18,19)20)5-21-22(12(6)23)10-4-11(8(16)3-9(10)17)27-14(26-2)13(24)25/h3-5,14H,1-2H3,(H,24,25). The van der Waals surface area contributed by atoms with Gasteiger partial charge in [0.15, 0.2) is 5.82 Å². The molecule has 2 rings (SSSR count). The molecule has 0 saturated heterocycles. The molecule has 0 radical (unpaired) electrons. The van der Waals surface area contributed by atoms with Gasteiger partial charge in [-0.1, -0.05) is 11.6 Å². The first kappa shape index (κ1) is 20.6. The Balaban J connectivity index is 2.60. The molecule has 0 aliphatic rings. The van der Waals surface area contributed by atoms with E-state index in [1.807, 2.05) is 0 Å². The Kier molecular flexibility index (Phi) is 5.76. The Bertz CT molecular complexity index is 945. The fraction of sp³-hybridized carbons (Fsp3) is 0.267. The van der Waals surface area contributed by atoms with Crippen molar-refractivity contribution in [2.24, 2.45) is 0 Å². The van der Waals surface area contributed by atoms with E-state index >= 15 is 0 Å². The molecule has 1 heterocycles. The minimum Gasteiger partial charge on any atom is -0.477 e. The highest BCUT2D eigenvalue weighted by Gasteiger charge is 2.34. The minimum absolute atomic E-state index is 0.351. The molecular formula is C15H11ClF4N2O5. The number of rotatable bonds is 5. The molecule has 1 unspecified atom stereocenters. The predicted molar refractivity (Wildman–Crippen MR) is 83.6 cm³/mol. The maximum absolute atomic E-state index is 14.2. The molecule has 1 atom stereocenters. The van der Waals surface area contributed by atoms with Crippen LogP contribution >= 0.6 is 11.6 Å². The highest BCUT2D eigenvalue weighted by molar-refractivity contribution is 6.32. The lowest BCUT2D eigenvalue weighted by molar-refractivity contribution is -0.166. The van der Waals surface area contributed by atoms with E-state index in [0.717, 1.165) is 20.1 Å². The predicted octanol–water partition coefficient (Wildman–Crippen LogP) is 2.79. The molecule has 27 heavy (non-hydrogen) atoms. The van der Waals surface area contributed by atoms with Crippen LogP contribution in [0.25, 0.3) is 5.69 Å². The van der Waals surface area contributed by atoms with Crippen LogP contribution in [0.2, 0.25) is 5.02 Å². The van der Waals surface area contributed by atoms with Gasteiger partial charge in [0.2, 0.25) is 0 Å². The summed E-state index contributed by atoms with van der Waals surface area (Å²) >= 11 is 5.78. The largest absolute Gasteiger partial charge is 0.477 e. The number of ether oxygens (including phenoxy) is 2. The number of carboxylic acids is 1. The molecule has 0 bridgehead atoms. The smallest absolute Gasteiger partial charge is 0.418 e. The average molecular weight is 411 g/mol. The third kappa shape index (κ3) is 4.19. The van der Waals surface area contributed by atoms with Gasteiger partial charge in [-0.2, -0.15) is 23.0 Å². The molecule has 1 N–H and O–H groups in total. The van der Waals surface area contributed by atoms with Gasteiger partial charge in [0.1, 0.15) is 11.4 Å². The summed E-state index contributed by atoms with van der Waals surface area (Å²) < 4.78 is 62.7. The molecule has 7 nitrogen and oxygen atoms in total. The number of aromatic nitrogens is 2. The van der Waals surface area contributed by atoms with Gasteiger partial charge in [0.05, 0.1) is 16.8 Å². The summed E-state index contributed by atoms with van der Waals surface area (Å²) in [6.45, 7) is 0.917. The number of carbonyl (C=O) groups is 1. The number of aliphatic carboxylic acids is 1. The summed E-state index contributed by atoms with van der Waals surface area (Å²) in [7, 11) is 1.03. The van der Waals surface area contributed by atoms with Gasteiger partial charge in [-0.15, -0.1) is 0 Å². The summed E-state index contributed by atoms with van der Waals surface area (Å²) in [5.74, 6) is -2.99. The Morgan fingerprint density at radius 2 is 2.00 bits per heavy atom. The minimum atomic E-state index is -4.81. The average Bonchev–Trinajstić information content (AvgIpc) is 2.55. The molecule has 0 aliphatic carbocycles. The van der Waals surface area contributed by atoms with Gasteiger partial charge < -0.3 is 14.6 Å². The lowest BCUT2D eigenvalue weighted by Gasteiger charge is -2.16. The maximum Gasteiger partial charge on any atom is 0.418 e. The Labute approximate surface area is 153 Å². The fourth-order valence-electron chi connectivity index (χ4n) is 2.08. The second-order valence-electron chi connectivity index (χ2n) is 5.16. The lowest BCUT2D eigenvalue weighted by atomic mass is 10.2. The molecule has 0 aliphatic heterocycles. The first-order valence-corrected chi connectivity index (χ1v) is 7.43. The van der Waals surface area contributed by atoms with Crippen LogP contribution < -0.4 is 10.3 Å². The number of halogens is 5. The summed E-state index contributed by atoms with van der Waals surface area (Å²) in [6, 6.07) is 1.52. The van der Waals surface area contributed by atoms with Crippen LogP contribution in [-0.4, -0.2) is 34.3 Å². The number of nitrogens with zero attached hydrogens (tertiary/aromatic N) is 2. The van der Waals surface area contributed by atoms with Crippen LogP contribution in [0.4, 0.5) is 17.6 Å².